The normalized spacial score (nSPS) is 18.9. The molecule has 0 bridgehead atoms. The van der Waals surface area contributed by atoms with E-state index < -0.39 is 10.8 Å². The number of carbonyl (C=O) groups excluding carboxylic acids is 2. The molecule has 2 unspecified atom stereocenters. The van der Waals surface area contributed by atoms with Crippen molar-refractivity contribution in [1.82, 2.24) is 10.2 Å². The van der Waals surface area contributed by atoms with Gasteiger partial charge >= 0.3 is 0 Å². The third-order valence-corrected chi connectivity index (χ3v) is 3.86. The van der Waals surface area contributed by atoms with Crippen molar-refractivity contribution < 1.29 is 13.8 Å². The van der Waals surface area contributed by atoms with Gasteiger partial charge in [0.1, 0.15) is 11.8 Å². The zero-order valence-electron chi connectivity index (χ0n) is 10.3. The number of hydrogen-bond donors (Lipinski definition) is 1. The highest BCUT2D eigenvalue weighted by atomic mass is 32.2. The van der Waals surface area contributed by atoms with Gasteiger partial charge in [0.05, 0.1) is 19.2 Å². The standard InChI is InChI=1S/C11H17N3O3S/c1-2-3-4-18(17)8-10(15)13-6-11(16)14-7-9(14)5-12/h9H,2-4,6-8H2,1H3,(H,13,15). The van der Waals surface area contributed by atoms with Crippen LogP contribution in [0.15, 0.2) is 0 Å². The summed E-state index contributed by atoms with van der Waals surface area (Å²) < 4.78 is 11.4. The summed E-state index contributed by atoms with van der Waals surface area (Å²) in [6, 6.07) is 1.62. The summed E-state index contributed by atoms with van der Waals surface area (Å²) in [5.74, 6) is -0.197. The minimum absolute atomic E-state index is 0.0606. The lowest BCUT2D eigenvalue weighted by Gasteiger charge is -2.05. The SMILES string of the molecule is CCCCS(=O)CC(=O)NCC(=O)N1CC1C#N. The van der Waals surface area contributed by atoms with Gasteiger partial charge in [-0.05, 0) is 6.42 Å². The van der Waals surface area contributed by atoms with E-state index in [0.717, 1.165) is 12.8 Å². The summed E-state index contributed by atoms with van der Waals surface area (Å²) in [6.45, 7) is 2.31. The molecular formula is C11H17N3O3S. The molecule has 0 aromatic carbocycles. The van der Waals surface area contributed by atoms with Crippen molar-refractivity contribution in [3.8, 4) is 6.07 Å². The Hall–Kier alpha value is -1.42. The number of nitrogens with one attached hydrogen (secondary N) is 1. The predicted octanol–water partition coefficient (Wildman–Crippen LogP) is -0.614. The Morgan fingerprint density at radius 3 is 2.83 bits per heavy atom. The number of carbonyl (C=O) groups is 2. The van der Waals surface area contributed by atoms with Crippen LogP contribution >= 0.6 is 0 Å². The molecule has 18 heavy (non-hydrogen) atoms. The van der Waals surface area contributed by atoms with E-state index in [0.29, 0.717) is 12.3 Å². The first kappa shape index (κ1) is 14.6. The molecule has 0 aromatic rings. The number of hydrogen-bond acceptors (Lipinski definition) is 4. The van der Waals surface area contributed by atoms with Crippen molar-refractivity contribution in [2.45, 2.75) is 25.8 Å². The monoisotopic (exact) mass is 271 g/mol. The maximum Gasteiger partial charge on any atom is 0.243 e. The van der Waals surface area contributed by atoms with Crippen LogP contribution in [0.25, 0.3) is 0 Å². The van der Waals surface area contributed by atoms with Gasteiger partial charge in [-0.2, -0.15) is 5.26 Å². The van der Waals surface area contributed by atoms with E-state index in [1.165, 1.54) is 4.90 Å². The first-order chi connectivity index (χ1) is 8.58. The third kappa shape index (κ3) is 4.84. The van der Waals surface area contributed by atoms with Crippen LogP contribution in [-0.4, -0.2) is 51.6 Å². The minimum atomic E-state index is -1.16. The van der Waals surface area contributed by atoms with Crippen LogP contribution in [-0.2, 0) is 20.4 Å². The van der Waals surface area contributed by atoms with E-state index in [9.17, 15) is 13.8 Å². The Balaban J connectivity index is 2.16. The Labute approximate surface area is 109 Å². The van der Waals surface area contributed by atoms with Crippen LogP contribution in [0.5, 0.6) is 0 Å². The van der Waals surface area contributed by atoms with Gasteiger partial charge in [-0.3, -0.25) is 13.8 Å². The zero-order chi connectivity index (χ0) is 13.5. The fraction of sp³-hybridized carbons (Fsp3) is 0.727. The molecule has 1 N–H and O–H groups in total. The minimum Gasteiger partial charge on any atom is -0.346 e. The first-order valence-electron chi connectivity index (χ1n) is 5.89. The molecular weight excluding hydrogens is 254 g/mol. The fourth-order valence-electron chi connectivity index (χ4n) is 1.38. The maximum absolute atomic E-state index is 11.4. The van der Waals surface area contributed by atoms with Crippen LogP contribution in [0.2, 0.25) is 0 Å². The predicted molar refractivity (Wildman–Crippen MR) is 66.9 cm³/mol. The Kier molecular flexibility index (Phi) is 5.78. The smallest absolute Gasteiger partial charge is 0.243 e. The fourth-order valence-corrected chi connectivity index (χ4v) is 2.53. The first-order valence-corrected chi connectivity index (χ1v) is 7.38. The molecule has 1 fully saturated rings. The van der Waals surface area contributed by atoms with Gasteiger partial charge < -0.3 is 10.2 Å². The van der Waals surface area contributed by atoms with Crippen molar-refractivity contribution >= 4 is 22.6 Å². The Bertz CT molecular complexity index is 391. The van der Waals surface area contributed by atoms with Crippen LogP contribution in [0.4, 0.5) is 0 Å². The van der Waals surface area contributed by atoms with E-state index in [1.807, 2.05) is 13.0 Å². The number of nitriles is 1. The summed E-state index contributed by atoms with van der Waals surface area (Å²) in [7, 11) is -1.16. The van der Waals surface area contributed by atoms with Gasteiger partial charge in [-0.25, -0.2) is 0 Å². The topological polar surface area (TPSA) is 90.0 Å². The van der Waals surface area contributed by atoms with Crippen molar-refractivity contribution in [1.29, 1.82) is 5.26 Å². The van der Waals surface area contributed by atoms with Crippen LogP contribution in [0.3, 0.4) is 0 Å². The molecule has 1 heterocycles. The highest BCUT2D eigenvalue weighted by Gasteiger charge is 2.38. The Morgan fingerprint density at radius 2 is 2.28 bits per heavy atom. The van der Waals surface area contributed by atoms with E-state index in [1.54, 1.807) is 0 Å². The largest absolute Gasteiger partial charge is 0.346 e. The molecule has 2 amide bonds. The second kappa shape index (κ2) is 7.11. The second-order valence-corrected chi connectivity index (χ2v) is 5.69. The molecule has 1 aliphatic rings. The second-order valence-electron chi connectivity index (χ2n) is 4.11. The summed E-state index contributed by atoms with van der Waals surface area (Å²) in [5, 5.41) is 11.0. The molecule has 2 atom stereocenters. The van der Waals surface area contributed by atoms with Crippen molar-refractivity contribution in [2.75, 3.05) is 24.6 Å². The maximum atomic E-state index is 11.4. The molecule has 1 saturated heterocycles. The third-order valence-electron chi connectivity index (χ3n) is 2.54. The van der Waals surface area contributed by atoms with E-state index in [2.05, 4.69) is 5.32 Å². The molecule has 0 radical (unpaired) electrons. The van der Waals surface area contributed by atoms with Gasteiger partial charge in [0, 0.05) is 16.6 Å². The highest BCUT2D eigenvalue weighted by molar-refractivity contribution is 7.85. The zero-order valence-corrected chi connectivity index (χ0v) is 11.2. The van der Waals surface area contributed by atoms with Crippen LogP contribution in [0, 0.1) is 11.3 Å². The molecule has 0 spiro atoms. The van der Waals surface area contributed by atoms with Gasteiger partial charge in [-0.15, -0.1) is 0 Å². The molecule has 0 aromatic heterocycles. The van der Waals surface area contributed by atoms with Gasteiger partial charge in [-0.1, -0.05) is 13.3 Å². The van der Waals surface area contributed by atoms with Gasteiger partial charge in [0.25, 0.3) is 0 Å². The molecule has 0 aliphatic carbocycles. The molecule has 1 aliphatic heterocycles. The quantitative estimate of drug-likeness (QED) is 0.625. The summed E-state index contributed by atoms with van der Waals surface area (Å²) in [6.07, 6.45) is 1.77. The molecule has 7 heteroatoms. The average Bonchev–Trinajstić information content (AvgIpc) is 3.12. The molecule has 6 nitrogen and oxygen atoms in total. The molecule has 1 rings (SSSR count). The number of amides is 2. The average molecular weight is 271 g/mol. The van der Waals surface area contributed by atoms with Gasteiger partial charge in [0.15, 0.2) is 0 Å². The Morgan fingerprint density at radius 1 is 1.56 bits per heavy atom. The van der Waals surface area contributed by atoms with E-state index in [4.69, 9.17) is 5.26 Å². The van der Waals surface area contributed by atoms with E-state index >= 15 is 0 Å². The summed E-state index contributed by atoms with van der Waals surface area (Å²) in [4.78, 5) is 24.2. The molecule has 100 valence electrons. The summed E-state index contributed by atoms with van der Waals surface area (Å²) in [5.41, 5.74) is 0. The highest BCUT2D eigenvalue weighted by Crippen LogP contribution is 2.15. The summed E-state index contributed by atoms with van der Waals surface area (Å²) >= 11 is 0. The van der Waals surface area contributed by atoms with Crippen molar-refractivity contribution in [2.24, 2.45) is 0 Å². The van der Waals surface area contributed by atoms with Crippen molar-refractivity contribution in [3.05, 3.63) is 0 Å². The lowest BCUT2D eigenvalue weighted by Crippen LogP contribution is -2.36. The van der Waals surface area contributed by atoms with Crippen molar-refractivity contribution in [3.63, 3.8) is 0 Å². The number of nitrogens with zero attached hydrogens (tertiary/aromatic N) is 2. The molecule has 0 saturated carbocycles. The lowest BCUT2D eigenvalue weighted by molar-refractivity contribution is -0.128. The van der Waals surface area contributed by atoms with Crippen LogP contribution in [0.1, 0.15) is 19.8 Å². The number of rotatable bonds is 7. The van der Waals surface area contributed by atoms with E-state index in [-0.39, 0.29) is 30.2 Å². The van der Waals surface area contributed by atoms with Gasteiger partial charge in [0.2, 0.25) is 11.8 Å². The lowest BCUT2D eigenvalue weighted by atomic mass is 10.4. The van der Waals surface area contributed by atoms with Crippen LogP contribution < -0.4 is 5.32 Å². The number of unbranched alkanes of at least 4 members (excludes halogenated alkanes) is 1.